The quantitative estimate of drug-likeness (QED) is 0.432. The number of alkyl halides is 6. The molecule has 4 nitrogen and oxygen atoms in total. The molecule has 36 heavy (non-hydrogen) atoms. The normalized spacial score (nSPS) is 24.4. The van der Waals surface area contributed by atoms with Crippen molar-refractivity contribution < 1.29 is 41.0 Å². The summed E-state index contributed by atoms with van der Waals surface area (Å²) in [5, 5.41) is 9.65. The largest absolute Gasteiger partial charge is 0.490 e. The second-order valence-corrected chi connectivity index (χ2v) is 9.87. The van der Waals surface area contributed by atoms with Gasteiger partial charge in [0, 0.05) is 6.54 Å². The van der Waals surface area contributed by atoms with Crippen molar-refractivity contribution in [3.63, 3.8) is 0 Å². The Morgan fingerprint density at radius 2 is 1.64 bits per heavy atom. The number of hydrogen-bond acceptors (Lipinski definition) is 3. The minimum Gasteiger partial charge on any atom is -0.490 e. The molecule has 1 aliphatic heterocycles. The molecule has 0 spiro atoms. The molecule has 1 N–H and O–H groups in total. The van der Waals surface area contributed by atoms with E-state index >= 15 is 0 Å². The van der Waals surface area contributed by atoms with Crippen LogP contribution in [0.15, 0.2) is 30.3 Å². The molecule has 0 radical (unpaired) electrons. The molecule has 2 aromatic rings. The number of carboxylic acid groups (broad SMARTS) is 1. The predicted octanol–water partition coefficient (Wildman–Crippen LogP) is 7.05. The van der Waals surface area contributed by atoms with Crippen LogP contribution in [-0.2, 0) is 17.5 Å². The Bertz CT molecular complexity index is 1080. The molecule has 2 aromatic carbocycles. The first-order valence-electron chi connectivity index (χ1n) is 12.2. The molecular weight excluding hydrogens is 488 g/mol. The van der Waals surface area contributed by atoms with Crippen LogP contribution >= 0.6 is 0 Å². The van der Waals surface area contributed by atoms with Gasteiger partial charge in [-0.1, -0.05) is 18.2 Å². The summed E-state index contributed by atoms with van der Waals surface area (Å²) in [5.74, 6) is -3.03. The highest BCUT2D eigenvalue weighted by molar-refractivity contribution is 5.89. The van der Waals surface area contributed by atoms with Crippen molar-refractivity contribution in [3.8, 4) is 5.75 Å². The maximum Gasteiger partial charge on any atom is 0.420 e. The molecular formula is C26H29F6NO3. The van der Waals surface area contributed by atoms with E-state index in [0.29, 0.717) is 49.8 Å². The molecule has 1 aliphatic carbocycles. The van der Waals surface area contributed by atoms with Crippen molar-refractivity contribution in [1.82, 2.24) is 4.90 Å². The van der Waals surface area contributed by atoms with E-state index in [1.165, 1.54) is 18.2 Å². The fourth-order valence-electron chi connectivity index (χ4n) is 5.34. The second kappa shape index (κ2) is 10.5. The average Bonchev–Trinajstić information content (AvgIpc) is 3.03. The lowest BCUT2D eigenvalue weighted by Gasteiger charge is -2.31. The van der Waals surface area contributed by atoms with Crippen LogP contribution in [-0.4, -0.2) is 41.3 Å². The number of carbonyl (C=O) groups is 1. The molecule has 2 aliphatic rings. The number of benzene rings is 2. The van der Waals surface area contributed by atoms with E-state index in [2.05, 4.69) is 4.90 Å². The fraction of sp³-hybridized carbons (Fsp3) is 0.577. The predicted molar refractivity (Wildman–Crippen MR) is 122 cm³/mol. The lowest BCUT2D eigenvalue weighted by atomic mass is 9.87. The van der Waals surface area contributed by atoms with Crippen LogP contribution in [0.4, 0.5) is 26.3 Å². The van der Waals surface area contributed by atoms with Crippen LogP contribution in [0.25, 0.3) is 10.8 Å². The third-order valence-electron chi connectivity index (χ3n) is 7.34. The zero-order chi connectivity index (χ0) is 26.1. The van der Waals surface area contributed by atoms with Gasteiger partial charge in [-0.05, 0) is 86.5 Å². The molecule has 198 valence electrons. The summed E-state index contributed by atoms with van der Waals surface area (Å²) in [6.45, 7) is 1.61. The molecule has 1 unspecified atom stereocenters. The topological polar surface area (TPSA) is 49.8 Å². The van der Waals surface area contributed by atoms with Gasteiger partial charge in [-0.3, -0.25) is 9.69 Å². The highest BCUT2D eigenvalue weighted by Gasteiger charge is 2.42. The van der Waals surface area contributed by atoms with Gasteiger partial charge in [-0.15, -0.1) is 0 Å². The van der Waals surface area contributed by atoms with Crippen LogP contribution in [0.2, 0.25) is 0 Å². The molecule has 10 heteroatoms. The lowest BCUT2D eigenvalue weighted by Crippen LogP contribution is -2.32. The van der Waals surface area contributed by atoms with Crippen LogP contribution in [0.3, 0.4) is 0 Å². The smallest absolute Gasteiger partial charge is 0.420 e. The highest BCUT2D eigenvalue weighted by Crippen LogP contribution is 2.44. The van der Waals surface area contributed by atoms with Crippen molar-refractivity contribution in [2.24, 2.45) is 11.8 Å². The van der Waals surface area contributed by atoms with Crippen LogP contribution in [0, 0.1) is 11.8 Å². The summed E-state index contributed by atoms with van der Waals surface area (Å²) in [6.07, 6.45) is -8.18. The van der Waals surface area contributed by atoms with Gasteiger partial charge in [0.05, 0.1) is 17.9 Å². The molecule has 1 saturated heterocycles. The van der Waals surface area contributed by atoms with Crippen LogP contribution < -0.4 is 4.74 Å². The van der Waals surface area contributed by atoms with Crippen LogP contribution in [0.1, 0.15) is 56.1 Å². The fourth-order valence-corrected chi connectivity index (χ4v) is 5.34. The number of hydrogen-bond donors (Lipinski definition) is 1. The van der Waals surface area contributed by atoms with Crippen LogP contribution in [0.5, 0.6) is 5.75 Å². The monoisotopic (exact) mass is 517 g/mol. The maximum absolute atomic E-state index is 14.2. The third-order valence-corrected chi connectivity index (χ3v) is 7.34. The van der Waals surface area contributed by atoms with Gasteiger partial charge in [0.25, 0.3) is 0 Å². The third kappa shape index (κ3) is 6.25. The number of rotatable bonds is 5. The van der Waals surface area contributed by atoms with E-state index in [1.807, 2.05) is 0 Å². The van der Waals surface area contributed by atoms with Gasteiger partial charge < -0.3 is 9.84 Å². The molecule has 0 bridgehead atoms. The van der Waals surface area contributed by atoms with E-state index in [9.17, 15) is 36.2 Å². The average molecular weight is 518 g/mol. The van der Waals surface area contributed by atoms with E-state index in [-0.39, 0.29) is 36.8 Å². The van der Waals surface area contributed by atoms with Gasteiger partial charge in [-0.2, -0.15) is 26.3 Å². The minimum absolute atomic E-state index is 0.0142. The Hall–Kier alpha value is -2.49. The minimum atomic E-state index is -4.71. The van der Waals surface area contributed by atoms with Gasteiger partial charge in [0.15, 0.2) is 0 Å². The number of fused-ring (bicyclic) bond motifs is 1. The number of likely N-dealkylation sites (tertiary alicyclic amines) is 1. The number of halogens is 6. The van der Waals surface area contributed by atoms with Crippen molar-refractivity contribution in [3.05, 3.63) is 41.5 Å². The molecule has 1 heterocycles. The van der Waals surface area contributed by atoms with Gasteiger partial charge in [0.1, 0.15) is 11.3 Å². The molecule has 0 amide bonds. The maximum atomic E-state index is 14.2. The van der Waals surface area contributed by atoms with E-state index in [0.717, 1.165) is 0 Å². The molecule has 1 atom stereocenters. The van der Waals surface area contributed by atoms with Gasteiger partial charge in [-0.25, -0.2) is 0 Å². The van der Waals surface area contributed by atoms with Gasteiger partial charge >= 0.3 is 18.3 Å². The molecule has 4 rings (SSSR count). The highest BCUT2D eigenvalue weighted by atomic mass is 19.4. The summed E-state index contributed by atoms with van der Waals surface area (Å²) >= 11 is 0. The number of nitrogens with zero attached hydrogens (tertiary/aromatic N) is 1. The zero-order valence-electron chi connectivity index (χ0n) is 19.7. The Labute approximate surface area is 205 Å². The summed E-state index contributed by atoms with van der Waals surface area (Å²) in [4.78, 5) is 13.4. The Kier molecular flexibility index (Phi) is 7.73. The van der Waals surface area contributed by atoms with E-state index in [4.69, 9.17) is 4.74 Å². The molecule has 1 saturated carbocycles. The first-order chi connectivity index (χ1) is 16.9. The van der Waals surface area contributed by atoms with Crippen molar-refractivity contribution >= 4 is 16.7 Å². The number of carboxylic acids is 1. The Morgan fingerprint density at radius 1 is 0.944 bits per heavy atom. The summed E-state index contributed by atoms with van der Waals surface area (Å²) in [7, 11) is 0. The van der Waals surface area contributed by atoms with Crippen molar-refractivity contribution in [1.29, 1.82) is 0 Å². The molecule has 2 fully saturated rings. The van der Waals surface area contributed by atoms with E-state index < -0.39 is 41.8 Å². The van der Waals surface area contributed by atoms with Crippen molar-refractivity contribution in [2.45, 2.75) is 69.9 Å². The van der Waals surface area contributed by atoms with E-state index in [1.54, 1.807) is 12.1 Å². The SMILES string of the molecule is O=C(O)C1CCCN(Cc2ccc3ccc(O[C@H]4CC[C@@H](C(F)(F)F)CC4)c(C(F)(F)F)c3c2)CC1. The summed E-state index contributed by atoms with van der Waals surface area (Å²) < 4.78 is 87.2. The zero-order valence-corrected chi connectivity index (χ0v) is 19.7. The van der Waals surface area contributed by atoms with Crippen molar-refractivity contribution in [2.75, 3.05) is 13.1 Å². The Morgan fingerprint density at radius 3 is 2.28 bits per heavy atom. The standard InChI is InChI=1S/C26H29F6NO3/c27-25(28,29)19-6-8-20(9-7-19)36-22-10-5-17-4-3-16(14-21(17)23(22)26(30,31)32)15-33-12-1-2-18(11-13-33)24(34)35/h3-5,10,14,18-20H,1-2,6-9,11-13,15H2,(H,34,35)/t18?,19-,20+. The number of ether oxygens (including phenoxy) is 1. The molecule has 0 aromatic heterocycles. The lowest BCUT2D eigenvalue weighted by molar-refractivity contribution is -0.185. The second-order valence-electron chi connectivity index (χ2n) is 9.87. The summed E-state index contributed by atoms with van der Waals surface area (Å²) in [6, 6.07) is 7.66. The first-order valence-corrected chi connectivity index (χ1v) is 12.2. The first kappa shape index (κ1) is 26.6. The Balaban J connectivity index is 1.55. The van der Waals surface area contributed by atoms with Gasteiger partial charge in [0.2, 0.25) is 0 Å². The number of aliphatic carboxylic acids is 1. The summed E-state index contributed by atoms with van der Waals surface area (Å²) in [5.41, 5.74) is -0.244.